The Kier molecular flexibility index (Phi) is 6.47. The number of carbonyl (C=O) groups is 2. The molecule has 2 aromatic rings. The van der Waals surface area contributed by atoms with Crippen LogP contribution in [-0.2, 0) is 14.3 Å². The Bertz CT molecular complexity index is 826. The zero-order valence-electron chi connectivity index (χ0n) is 16.0. The van der Waals surface area contributed by atoms with Gasteiger partial charge in [-0.2, -0.15) is 0 Å². The molecule has 1 aromatic carbocycles. The standard InChI is InChI=1S/C21H25N3O4/c1-2-3-4-8-13-27-18(25)14-24-20-16(11-12-17(22)23-20)28-19(21(24)26)15-9-6-5-7-10-15/h5-7,9-12,19H,2-4,8,13-14H2,1H3,(H2,22,23). The van der Waals surface area contributed by atoms with E-state index in [4.69, 9.17) is 15.2 Å². The Morgan fingerprint density at radius 3 is 2.71 bits per heavy atom. The quantitative estimate of drug-likeness (QED) is 0.555. The molecule has 2 N–H and O–H groups in total. The van der Waals surface area contributed by atoms with Gasteiger partial charge in [-0.25, -0.2) is 4.98 Å². The number of aromatic nitrogens is 1. The maximum atomic E-state index is 13.1. The first-order valence-electron chi connectivity index (χ1n) is 9.55. The Balaban J connectivity index is 1.77. The number of nitrogen functional groups attached to an aromatic ring is 1. The van der Waals surface area contributed by atoms with Gasteiger partial charge in [0.1, 0.15) is 12.4 Å². The highest BCUT2D eigenvalue weighted by atomic mass is 16.5. The minimum Gasteiger partial charge on any atom is -0.472 e. The van der Waals surface area contributed by atoms with Crippen molar-refractivity contribution in [1.29, 1.82) is 0 Å². The van der Waals surface area contributed by atoms with E-state index in [9.17, 15) is 9.59 Å². The summed E-state index contributed by atoms with van der Waals surface area (Å²) < 4.78 is 11.2. The molecule has 0 radical (unpaired) electrons. The summed E-state index contributed by atoms with van der Waals surface area (Å²) in [5.74, 6) is 0.0261. The van der Waals surface area contributed by atoms with Crippen molar-refractivity contribution < 1.29 is 19.1 Å². The molecule has 0 spiro atoms. The summed E-state index contributed by atoms with van der Waals surface area (Å²) in [4.78, 5) is 30.9. The molecule has 2 heterocycles. The fourth-order valence-corrected chi connectivity index (χ4v) is 3.04. The molecule has 7 heteroatoms. The number of hydrogen-bond donors (Lipinski definition) is 1. The van der Waals surface area contributed by atoms with Gasteiger partial charge in [-0.3, -0.25) is 14.5 Å². The molecule has 28 heavy (non-hydrogen) atoms. The van der Waals surface area contributed by atoms with E-state index in [1.54, 1.807) is 12.1 Å². The van der Waals surface area contributed by atoms with Crippen LogP contribution in [0.5, 0.6) is 5.75 Å². The van der Waals surface area contributed by atoms with E-state index in [1.807, 2.05) is 30.3 Å². The molecule has 1 aliphatic heterocycles. The predicted octanol–water partition coefficient (Wildman–Crippen LogP) is 3.25. The maximum absolute atomic E-state index is 13.1. The van der Waals surface area contributed by atoms with Crippen molar-refractivity contribution in [2.24, 2.45) is 0 Å². The molecule has 1 amide bonds. The van der Waals surface area contributed by atoms with Crippen molar-refractivity contribution in [3.05, 3.63) is 48.0 Å². The lowest BCUT2D eigenvalue weighted by atomic mass is 10.1. The van der Waals surface area contributed by atoms with E-state index < -0.39 is 12.1 Å². The van der Waals surface area contributed by atoms with Gasteiger partial charge in [-0.05, 0) is 18.6 Å². The number of carbonyl (C=O) groups excluding carboxylic acids is 2. The number of hydrogen-bond acceptors (Lipinski definition) is 6. The number of unbranched alkanes of at least 4 members (excludes halogenated alkanes) is 3. The summed E-state index contributed by atoms with van der Waals surface area (Å²) in [7, 11) is 0. The van der Waals surface area contributed by atoms with E-state index in [2.05, 4.69) is 11.9 Å². The Morgan fingerprint density at radius 2 is 1.96 bits per heavy atom. The second kappa shape index (κ2) is 9.21. The van der Waals surface area contributed by atoms with Crippen molar-refractivity contribution in [2.75, 3.05) is 23.8 Å². The van der Waals surface area contributed by atoms with Gasteiger partial charge in [0.2, 0.25) is 6.10 Å². The molecule has 1 unspecified atom stereocenters. The fraction of sp³-hybridized carbons (Fsp3) is 0.381. The molecule has 0 saturated heterocycles. The van der Waals surface area contributed by atoms with Crippen molar-refractivity contribution in [1.82, 2.24) is 4.98 Å². The topological polar surface area (TPSA) is 94.8 Å². The molecule has 3 rings (SSSR count). The lowest BCUT2D eigenvalue weighted by Gasteiger charge is -2.33. The van der Waals surface area contributed by atoms with Gasteiger partial charge in [0.15, 0.2) is 11.6 Å². The average molecular weight is 383 g/mol. The number of ether oxygens (including phenoxy) is 2. The highest BCUT2D eigenvalue weighted by Crippen LogP contribution is 2.37. The molecule has 1 aromatic heterocycles. The Hall–Kier alpha value is -3.09. The van der Waals surface area contributed by atoms with Crippen LogP contribution in [-0.4, -0.2) is 30.0 Å². The summed E-state index contributed by atoms with van der Waals surface area (Å²) in [5.41, 5.74) is 6.47. The molecule has 1 atom stereocenters. The average Bonchev–Trinajstić information content (AvgIpc) is 2.70. The fourth-order valence-electron chi connectivity index (χ4n) is 3.04. The number of rotatable bonds is 8. The molecule has 0 fully saturated rings. The largest absolute Gasteiger partial charge is 0.472 e. The van der Waals surface area contributed by atoms with Gasteiger partial charge in [-0.15, -0.1) is 0 Å². The van der Waals surface area contributed by atoms with E-state index >= 15 is 0 Å². The summed E-state index contributed by atoms with van der Waals surface area (Å²) >= 11 is 0. The van der Waals surface area contributed by atoms with Gasteiger partial charge in [0.25, 0.3) is 5.91 Å². The second-order valence-electron chi connectivity index (χ2n) is 6.67. The molecule has 0 saturated carbocycles. The van der Waals surface area contributed by atoms with Crippen LogP contribution >= 0.6 is 0 Å². The summed E-state index contributed by atoms with van der Waals surface area (Å²) in [6.07, 6.45) is 3.19. The van der Waals surface area contributed by atoms with Crippen LogP contribution in [0.25, 0.3) is 0 Å². The van der Waals surface area contributed by atoms with Crippen LogP contribution in [0.2, 0.25) is 0 Å². The molecule has 1 aliphatic rings. The van der Waals surface area contributed by atoms with Gasteiger partial charge in [0, 0.05) is 5.56 Å². The summed E-state index contributed by atoms with van der Waals surface area (Å²) in [6, 6.07) is 12.4. The lowest BCUT2D eigenvalue weighted by molar-refractivity contribution is -0.143. The van der Waals surface area contributed by atoms with Crippen molar-refractivity contribution >= 4 is 23.5 Å². The number of esters is 1. The predicted molar refractivity (Wildman–Crippen MR) is 106 cm³/mol. The van der Waals surface area contributed by atoms with Crippen molar-refractivity contribution in [3.8, 4) is 5.75 Å². The first kappa shape index (κ1) is 19.7. The number of amides is 1. The number of pyridine rings is 1. The van der Waals surface area contributed by atoms with Crippen LogP contribution < -0.4 is 15.4 Å². The molecule has 7 nitrogen and oxygen atoms in total. The zero-order chi connectivity index (χ0) is 19.9. The third kappa shape index (κ3) is 4.60. The SMILES string of the molecule is CCCCCCOC(=O)CN1C(=O)C(c2ccccc2)Oc2ccc(N)nc21. The third-order valence-corrected chi connectivity index (χ3v) is 4.50. The first-order valence-corrected chi connectivity index (χ1v) is 9.55. The molecular weight excluding hydrogens is 358 g/mol. The van der Waals surface area contributed by atoms with E-state index in [0.29, 0.717) is 17.9 Å². The maximum Gasteiger partial charge on any atom is 0.326 e. The number of nitrogens with zero attached hydrogens (tertiary/aromatic N) is 2. The summed E-state index contributed by atoms with van der Waals surface area (Å²) in [5, 5.41) is 0. The highest BCUT2D eigenvalue weighted by Gasteiger charge is 2.37. The Labute approximate surface area is 164 Å². The normalized spacial score (nSPS) is 15.7. The number of anilines is 2. The molecular formula is C21H25N3O4. The van der Waals surface area contributed by atoms with Gasteiger partial charge in [0.05, 0.1) is 6.61 Å². The smallest absolute Gasteiger partial charge is 0.326 e. The highest BCUT2D eigenvalue weighted by molar-refractivity contribution is 6.02. The zero-order valence-corrected chi connectivity index (χ0v) is 16.0. The summed E-state index contributed by atoms with van der Waals surface area (Å²) in [6.45, 7) is 2.23. The number of benzene rings is 1. The van der Waals surface area contributed by atoms with Crippen molar-refractivity contribution in [3.63, 3.8) is 0 Å². The number of fused-ring (bicyclic) bond motifs is 1. The molecule has 148 valence electrons. The minimum absolute atomic E-state index is 0.233. The second-order valence-corrected chi connectivity index (χ2v) is 6.67. The van der Waals surface area contributed by atoms with Crippen molar-refractivity contribution in [2.45, 2.75) is 38.7 Å². The van der Waals surface area contributed by atoms with Crippen LogP contribution in [0, 0.1) is 0 Å². The van der Waals surface area contributed by atoms with Crippen LogP contribution in [0.4, 0.5) is 11.6 Å². The van der Waals surface area contributed by atoms with Gasteiger partial charge in [-0.1, -0.05) is 56.5 Å². The molecule has 0 aliphatic carbocycles. The van der Waals surface area contributed by atoms with Gasteiger partial charge < -0.3 is 15.2 Å². The minimum atomic E-state index is -0.850. The van der Waals surface area contributed by atoms with Crippen LogP contribution in [0.15, 0.2) is 42.5 Å². The van der Waals surface area contributed by atoms with Crippen LogP contribution in [0.3, 0.4) is 0 Å². The van der Waals surface area contributed by atoms with Gasteiger partial charge >= 0.3 is 5.97 Å². The Morgan fingerprint density at radius 1 is 1.18 bits per heavy atom. The lowest BCUT2D eigenvalue weighted by Crippen LogP contribution is -2.44. The monoisotopic (exact) mass is 383 g/mol. The van der Waals surface area contributed by atoms with E-state index in [1.165, 1.54) is 4.90 Å². The van der Waals surface area contributed by atoms with Crippen LogP contribution in [0.1, 0.15) is 44.3 Å². The molecule has 0 bridgehead atoms. The first-order chi connectivity index (χ1) is 13.6. The van der Waals surface area contributed by atoms with E-state index in [-0.39, 0.29) is 24.1 Å². The van der Waals surface area contributed by atoms with E-state index in [0.717, 1.165) is 25.7 Å². The number of nitrogens with two attached hydrogens (primary N) is 1. The third-order valence-electron chi connectivity index (χ3n) is 4.50.